The molecule has 2 rings (SSSR count). The molecule has 0 bridgehead atoms. The van der Waals surface area contributed by atoms with Gasteiger partial charge < -0.3 is 5.32 Å². The highest BCUT2D eigenvalue weighted by molar-refractivity contribution is 9.10. The zero-order chi connectivity index (χ0) is 14.5. The summed E-state index contributed by atoms with van der Waals surface area (Å²) in [7, 11) is 0. The molecule has 0 amide bonds. The van der Waals surface area contributed by atoms with Gasteiger partial charge in [-0.25, -0.2) is 0 Å². The largest absolute Gasteiger partial charge is 0.362 e. The Labute approximate surface area is 135 Å². The zero-order valence-electron chi connectivity index (χ0n) is 10.2. The van der Waals surface area contributed by atoms with Crippen LogP contribution < -0.4 is 5.32 Å². The Morgan fingerprint density at radius 2 is 1.80 bits per heavy atom. The molecule has 20 heavy (non-hydrogen) atoms. The van der Waals surface area contributed by atoms with Crippen molar-refractivity contribution in [2.45, 2.75) is 0 Å². The Kier molecular flexibility index (Phi) is 5.24. The smallest absolute Gasteiger partial charge is 0.187 e. The number of hydrogen-bond acceptors (Lipinski definition) is 2. The Balaban J connectivity index is 2.00. The fraction of sp³-hybridized carbons (Fsp3) is 0. The summed E-state index contributed by atoms with van der Waals surface area (Å²) in [4.78, 5) is 11.9. The molecular formula is C15H10BrCl2NO. The molecular weight excluding hydrogens is 361 g/mol. The van der Waals surface area contributed by atoms with E-state index in [2.05, 4.69) is 21.2 Å². The van der Waals surface area contributed by atoms with Crippen molar-refractivity contribution in [2.24, 2.45) is 0 Å². The first kappa shape index (κ1) is 15.1. The SMILES string of the molecule is O=C(C=CNc1ccc(Br)c(Cl)c1)c1ccc(Cl)cc1. The van der Waals surface area contributed by atoms with Gasteiger partial charge in [0.15, 0.2) is 5.78 Å². The molecule has 0 aliphatic carbocycles. The first-order valence-electron chi connectivity index (χ1n) is 5.74. The van der Waals surface area contributed by atoms with E-state index in [9.17, 15) is 4.79 Å². The van der Waals surface area contributed by atoms with Crippen molar-refractivity contribution >= 4 is 50.6 Å². The first-order chi connectivity index (χ1) is 9.56. The molecule has 0 radical (unpaired) electrons. The van der Waals surface area contributed by atoms with E-state index in [4.69, 9.17) is 23.2 Å². The van der Waals surface area contributed by atoms with E-state index < -0.39 is 0 Å². The summed E-state index contributed by atoms with van der Waals surface area (Å²) in [5.74, 6) is -0.0997. The predicted molar refractivity (Wildman–Crippen MR) is 87.7 cm³/mol. The molecule has 0 heterocycles. The summed E-state index contributed by atoms with van der Waals surface area (Å²) >= 11 is 15.1. The predicted octanol–water partition coefficient (Wildman–Crippen LogP) is 5.56. The van der Waals surface area contributed by atoms with Crippen LogP contribution >= 0.6 is 39.1 Å². The van der Waals surface area contributed by atoms with Gasteiger partial charge in [0.25, 0.3) is 0 Å². The van der Waals surface area contributed by atoms with E-state index in [1.165, 1.54) is 6.08 Å². The second-order valence-corrected chi connectivity index (χ2v) is 5.68. The van der Waals surface area contributed by atoms with Gasteiger partial charge in [-0.3, -0.25) is 4.79 Å². The molecule has 2 nitrogen and oxygen atoms in total. The summed E-state index contributed by atoms with van der Waals surface area (Å²) < 4.78 is 0.825. The molecule has 0 saturated carbocycles. The van der Waals surface area contributed by atoms with Crippen molar-refractivity contribution in [3.63, 3.8) is 0 Å². The van der Waals surface area contributed by atoms with E-state index in [1.54, 1.807) is 36.5 Å². The number of ketones is 1. The highest BCUT2D eigenvalue weighted by atomic mass is 79.9. The molecule has 102 valence electrons. The Bertz CT molecular complexity index is 653. The van der Waals surface area contributed by atoms with Crippen LogP contribution in [0.5, 0.6) is 0 Å². The summed E-state index contributed by atoms with van der Waals surface area (Å²) in [6, 6.07) is 12.2. The topological polar surface area (TPSA) is 29.1 Å². The maximum Gasteiger partial charge on any atom is 0.187 e. The van der Waals surface area contributed by atoms with E-state index in [1.807, 2.05) is 12.1 Å². The zero-order valence-corrected chi connectivity index (χ0v) is 13.3. The monoisotopic (exact) mass is 369 g/mol. The third kappa shape index (κ3) is 4.10. The number of nitrogens with one attached hydrogen (secondary N) is 1. The van der Waals surface area contributed by atoms with Crippen molar-refractivity contribution in [3.05, 3.63) is 74.8 Å². The molecule has 1 N–H and O–H groups in total. The van der Waals surface area contributed by atoms with Crippen LogP contribution in [0.2, 0.25) is 10.0 Å². The average molecular weight is 371 g/mol. The summed E-state index contributed by atoms with van der Waals surface area (Å²) in [6.07, 6.45) is 3.04. The highest BCUT2D eigenvalue weighted by Gasteiger charge is 2.01. The van der Waals surface area contributed by atoms with E-state index >= 15 is 0 Å². The van der Waals surface area contributed by atoms with E-state index in [0.717, 1.165) is 10.2 Å². The average Bonchev–Trinajstić information content (AvgIpc) is 2.43. The normalized spacial score (nSPS) is 10.8. The molecule has 2 aromatic rings. The molecule has 5 heteroatoms. The van der Waals surface area contributed by atoms with Gasteiger partial charge in [-0.05, 0) is 58.4 Å². The number of benzene rings is 2. The maximum atomic E-state index is 11.9. The second-order valence-electron chi connectivity index (χ2n) is 3.98. The van der Waals surface area contributed by atoms with Crippen molar-refractivity contribution in [1.29, 1.82) is 0 Å². The number of halogens is 3. The van der Waals surface area contributed by atoms with Crippen molar-refractivity contribution in [1.82, 2.24) is 0 Å². The van der Waals surface area contributed by atoms with Crippen molar-refractivity contribution in [2.75, 3.05) is 5.32 Å². The van der Waals surface area contributed by atoms with Crippen LogP contribution in [0.25, 0.3) is 0 Å². The number of anilines is 1. The Hall–Kier alpha value is -1.29. The van der Waals surface area contributed by atoms with Gasteiger partial charge in [-0.1, -0.05) is 23.2 Å². The lowest BCUT2D eigenvalue weighted by molar-refractivity contribution is 0.104. The van der Waals surface area contributed by atoms with Gasteiger partial charge >= 0.3 is 0 Å². The second kappa shape index (κ2) is 6.93. The summed E-state index contributed by atoms with van der Waals surface area (Å²) in [5, 5.41) is 4.20. The van der Waals surface area contributed by atoms with Crippen LogP contribution in [-0.4, -0.2) is 5.78 Å². The molecule has 0 aromatic heterocycles. The van der Waals surface area contributed by atoms with Gasteiger partial charge in [0.2, 0.25) is 0 Å². The summed E-state index contributed by atoms with van der Waals surface area (Å²) in [5.41, 5.74) is 1.39. The van der Waals surface area contributed by atoms with E-state index in [0.29, 0.717) is 15.6 Å². The summed E-state index contributed by atoms with van der Waals surface area (Å²) in [6.45, 7) is 0. The van der Waals surface area contributed by atoms with Crippen molar-refractivity contribution < 1.29 is 4.79 Å². The number of allylic oxidation sites excluding steroid dienone is 1. The first-order valence-corrected chi connectivity index (χ1v) is 7.29. The van der Waals surface area contributed by atoms with Gasteiger partial charge in [0.1, 0.15) is 0 Å². The molecule has 2 aromatic carbocycles. The molecule has 0 atom stereocenters. The van der Waals surface area contributed by atoms with Gasteiger partial charge in [-0.2, -0.15) is 0 Å². The molecule has 0 saturated heterocycles. The fourth-order valence-corrected chi connectivity index (χ4v) is 2.06. The lowest BCUT2D eigenvalue weighted by Gasteiger charge is -2.02. The van der Waals surface area contributed by atoms with Crippen LogP contribution in [0.4, 0.5) is 5.69 Å². The van der Waals surface area contributed by atoms with Gasteiger partial charge in [-0.15, -0.1) is 0 Å². The quantitative estimate of drug-likeness (QED) is 0.563. The fourth-order valence-electron chi connectivity index (χ4n) is 1.51. The van der Waals surface area contributed by atoms with Crippen LogP contribution in [0.15, 0.2) is 59.2 Å². The minimum absolute atomic E-state index is 0.0997. The van der Waals surface area contributed by atoms with Crippen LogP contribution in [0.3, 0.4) is 0 Å². The molecule has 0 aliphatic rings. The number of carbonyl (C=O) groups is 1. The minimum atomic E-state index is -0.0997. The number of rotatable bonds is 4. The number of hydrogen-bond donors (Lipinski definition) is 1. The Morgan fingerprint density at radius 1 is 1.10 bits per heavy atom. The maximum absolute atomic E-state index is 11.9. The molecule has 0 fully saturated rings. The minimum Gasteiger partial charge on any atom is -0.362 e. The van der Waals surface area contributed by atoms with Gasteiger partial charge in [0.05, 0.1) is 5.02 Å². The molecule has 0 spiro atoms. The van der Waals surface area contributed by atoms with Crippen molar-refractivity contribution in [3.8, 4) is 0 Å². The third-order valence-corrected chi connectivity index (χ3v) is 4.02. The lowest BCUT2D eigenvalue weighted by Crippen LogP contribution is -1.96. The van der Waals surface area contributed by atoms with Gasteiger partial charge in [0, 0.05) is 33.0 Å². The number of carbonyl (C=O) groups excluding carboxylic acids is 1. The van der Waals surface area contributed by atoms with Crippen LogP contribution in [0.1, 0.15) is 10.4 Å². The van der Waals surface area contributed by atoms with Crippen LogP contribution in [-0.2, 0) is 0 Å². The standard InChI is InChI=1S/C15H10BrCl2NO/c16-13-6-5-12(9-14(13)18)19-8-7-15(20)10-1-3-11(17)4-2-10/h1-9,19H. The molecule has 0 aliphatic heterocycles. The van der Waals surface area contributed by atoms with E-state index in [-0.39, 0.29) is 5.78 Å². The lowest BCUT2D eigenvalue weighted by atomic mass is 10.1. The Morgan fingerprint density at radius 3 is 2.45 bits per heavy atom. The molecule has 0 unspecified atom stereocenters. The van der Waals surface area contributed by atoms with Crippen LogP contribution in [0, 0.1) is 0 Å². The third-order valence-electron chi connectivity index (χ3n) is 2.53. The highest BCUT2D eigenvalue weighted by Crippen LogP contribution is 2.25.